The van der Waals surface area contributed by atoms with Crippen molar-refractivity contribution >= 4 is 49.1 Å². The Morgan fingerprint density at radius 1 is 1.31 bits per heavy atom. The van der Waals surface area contributed by atoms with Crippen molar-refractivity contribution in [2.75, 3.05) is 11.9 Å². The monoisotopic (exact) mass is 285 g/mol. The van der Waals surface area contributed by atoms with Crippen LogP contribution in [0.4, 0.5) is 11.8 Å². The van der Waals surface area contributed by atoms with E-state index in [1.165, 1.54) is 0 Å². The van der Waals surface area contributed by atoms with Gasteiger partial charge in [-0.05, 0) is 6.07 Å². The van der Waals surface area contributed by atoms with Crippen LogP contribution in [0.25, 0.3) is 0 Å². The molecule has 2 aromatic rings. The Morgan fingerprint density at radius 2 is 2.00 bits per heavy atom. The summed E-state index contributed by atoms with van der Waals surface area (Å²) in [6.45, 7) is 0. The number of aromatic nitrogens is 2. The van der Waals surface area contributed by atoms with E-state index in [0.29, 0.717) is 0 Å². The highest BCUT2D eigenvalue weighted by Crippen LogP contribution is 2.20. The highest BCUT2D eigenvalue weighted by atomic mass is 35.5. The van der Waals surface area contributed by atoms with Gasteiger partial charge in [0.25, 0.3) is 0 Å². The van der Waals surface area contributed by atoms with Gasteiger partial charge in [0.05, 0.1) is 6.26 Å². The Hall–Kier alpha value is -0.840. The normalized spacial score (nSPS) is 8.38. The zero-order chi connectivity index (χ0) is 9.26. The molecule has 0 bridgehead atoms. The van der Waals surface area contributed by atoms with Crippen LogP contribution in [-0.2, 0) is 7.05 Å². The minimum atomic E-state index is 0. The lowest BCUT2D eigenvalue weighted by Crippen LogP contribution is -2.13. The predicted octanol–water partition coefficient (Wildman–Crippen LogP) is 3.05. The van der Waals surface area contributed by atoms with Crippen molar-refractivity contribution < 1.29 is 4.42 Å². The van der Waals surface area contributed by atoms with Gasteiger partial charge in [0.2, 0.25) is 11.8 Å². The Morgan fingerprint density at radius 3 is 2.44 bits per heavy atom. The van der Waals surface area contributed by atoms with E-state index in [1.54, 1.807) is 12.5 Å². The van der Waals surface area contributed by atoms with Crippen LogP contribution in [0.5, 0.6) is 0 Å². The van der Waals surface area contributed by atoms with Gasteiger partial charge in [-0.15, -0.1) is 37.2 Å². The fraction of sp³-hybridized carbons (Fsp3) is 0.222. The molecular formula is C9H14Cl3N3O. The van der Waals surface area contributed by atoms with E-state index >= 15 is 0 Å². The Kier molecular flexibility index (Phi) is 8.16. The average Bonchev–Trinajstić information content (AvgIpc) is 2.72. The maximum atomic E-state index is 5.25. The van der Waals surface area contributed by atoms with Gasteiger partial charge < -0.3 is 8.98 Å². The molecule has 0 saturated carbocycles. The summed E-state index contributed by atoms with van der Waals surface area (Å²) in [4.78, 5) is 6.09. The number of rotatable bonds is 2. The van der Waals surface area contributed by atoms with Gasteiger partial charge in [-0.3, -0.25) is 4.90 Å². The Labute approximate surface area is 113 Å². The first-order valence-corrected chi connectivity index (χ1v) is 4.03. The maximum absolute atomic E-state index is 5.25. The van der Waals surface area contributed by atoms with Crippen molar-refractivity contribution in [1.82, 2.24) is 9.55 Å². The third-order valence-electron chi connectivity index (χ3n) is 1.93. The van der Waals surface area contributed by atoms with Crippen LogP contribution in [0.15, 0.2) is 35.2 Å². The smallest absolute Gasteiger partial charge is 0.211 e. The molecule has 0 N–H and O–H groups in total. The molecule has 0 atom stereocenters. The van der Waals surface area contributed by atoms with Crippen LogP contribution < -0.4 is 4.90 Å². The Bertz CT molecular complexity index is 388. The summed E-state index contributed by atoms with van der Waals surface area (Å²) < 4.78 is 7.18. The lowest BCUT2D eigenvalue weighted by Gasteiger charge is -2.14. The van der Waals surface area contributed by atoms with Gasteiger partial charge in [0.15, 0.2) is 0 Å². The number of halogens is 3. The molecule has 0 aliphatic heterocycles. The first kappa shape index (κ1) is 17.6. The van der Waals surface area contributed by atoms with Gasteiger partial charge in [-0.25, -0.2) is 4.98 Å². The molecule has 2 heterocycles. The lowest BCUT2D eigenvalue weighted by molar-refractivity contribution is 0.566. The van der Waals surface area contributed by atoms with Crippen molar-refractivity contribution in [3.05, 3.63) is 30.8 Å². The lowest BCUT2D eigenvalue weighted by atomic mass is 10.6. The van der Waals surface area contributed by atoms with E-state index in [-0.39, 0.29) is 37.2 Å². The minimum absolute atomic E-state index is 0. The Balaban J connectivity index is 0. The summed E-state index contributed by atoms with van der Waals surface area (Å²) in [5.74, 6) is 1.64. The molecule has 0 saturated heterocycles. The highest BCUT2D eigenvalue weighted by molar-refractivity contribution is 5.86. The maximum Gasteiger partial charge on any atom is 0.211 e. The molecule has 0 unspecified atom stereocenters. The van der Waals surface area contributed by atoms with Crippen molar-refractivity contribution in [3.8, 4) is 0 Å². The first-order valence-electron chi connectivity index (χ1n) is 4.03. The summed E-state index contributed by atoms with van der Waals surface area (Å²) in [5.41, 5.74) is 0. The number of imidazole rings is 1. The number of aryl methyl sites for hydroxylation is 1. The molecule has 0 fully saturated rings. The van der Waals surface area contributed by atoms with E-state index in [2.05, 4.69) is 4.98 Å². The van der Waals surface area contributed by atoms with E-state index in [0.717, 1.165) is 11.8 Å². The van der Waals surface area contributed by atoms with E-state index in [1.807, 2.05) is 41.9 Å². The molecular weight excluding hydrogens is 272 g/mol. The molecule has 92 valence electrons. The summed E-state index contributed by atoms with van der Waals surface area (Å²) in [7, 11) is 3.86. The second-order valence-electron chi connectivity index (χ2n) is 2.85. The molecule has 4 nitrogen and oxygen atoms in total. The number of furan rings is 1. The number of nitrogens with zero attached hydrogens (tertiary/aromatic N) is 3. The fourth-order valence-electron chi connectivity index (χ4n) is 1.24. The summed E-state index contributed by atoms with van der Waals surface area (Å²) in [5, 5.41) is 0. The highest BCUT2D eigenvalue weighted by Gasteiger charge is 2.09. The van der Waals surface area contributed by atoms with E-state index in [9.17, 15) is 0 Å². The molecule has 16 heavy (non-hydrogen) atoms. The van der Waals surface area contributed by atoms with Crippen molar-refractivity contribution in [2.45, 2.75) is 0 Å². The van der Waals surface area contributed by atoms with Gasteiger partial charge >= 0.3 is 0 Å². The quantitative estimate of drug-likeness (QED) is 0.851. The molecule has 0 aromatic carbocycles. The minimum Gasteiger partial charge on any atom is -0.448 e. The van der Waals surface area contributed by atoms with Crippen LogP contribution in [0.3, 0.4) is 0 Å². The van der Waals surface area contributed by atoms with Gasteiger partial charge in [0, 0.05) is 32.6 Å². The van der Waals surface area contributed by atoms with E-state index in [4.69, 9.17) is 4.42 Å². The van der Waals surface area contributed by atoms with Crippen LogP contribution >= 0.6 is 37.2 Å². The third-order valence-corrected chi connectivity index (χ3v) is 1.93. The summed E-state index contributed by atoms with van der Waals surface area (Å²) in [6, 6.07) is 3.75. The predicted molar refractivity (Wildman–Crippen MR) is 71.7 cm³/mol. The molecule has 0 radical (unpaired) electrons. The zero-order valence-electron chi connectivity index (χ0n) is 8.86. The molecule has 0 aliphatic carbocycles. The third kappa shape index (κ3) is 3.33. The average molecular weight is 287 g/mol. The van der Waals surface area contributed by atoms with Crippen LogP contribution in [-0.4, -0.2) is 16.6 Å². The molecule has 7 heteroatoms. The van der Waals surface area contributed by atoms with Crippen LogP contribution in [0, 0.1) is 0 Å². The van der Waals surface area contributed by atoms with Crippen LogP contribution in [0.1, 0.15) is 0 Å². The zero-order valence-corrected chi connectivity index (χ0v) is 11.3. The van der Waals surface area contributed by atoms with Gasteiger partial charge in [0.1, 0.15) is 0 Å². The summed E-state index contributed by atoms with van der Waals surface area (Å²) in [6.07, 6.45) is 5.30. The van der Waals surface area contributed by atoms with Gasteiger partial charge in [-0.1, -0.05) is 0 Å². The molecule has 0 spiro atoms. The van der Waals surface area contributed by atoms with Crippen LogP contribution in [0.2, 0.25) is 0 Å². The standard InChI is InChI=1S/C9H11N3O.3ClH/c1-11-6-5-10-9(11)12(2)8-4-3-7-13-8;;;/h3-7H,1-2H3;3*1H. The first-order chi connectivity index (χ1) is 6.29. The molecule has 0 amide bonds. The second-order valence-corrected chi connectivity index (χ2v) is 2.85. The topological polar surface area (TPSA) is 34.2 Å². The second kappa shape index (κ2) is 7.44. The van der Waals surface area contributed by atoms with Gasteiger partial charge in [-0.2, -0.15) is 0 Å². The SMILES string of the molecule is CN(c1ccco1)c1nccn1C.Cl.Cl.Cl. The molecule has 2 rings (SSSR count). The van der Waals surface area contributed by atoms with Crippen molar-refractivity contribution in [3.63, 3.8) is 0 Å². The number of anilines is 2. The number of hydrogen-bond donors (Lipinski definition) is 0. The molecule has 2 aromatic heterocycles. The van der Waals surface area contributed by atoms with Crippen molar-refractivity contribution in [2.24, 2.45) is 7.05 Å². The fourth-order valence-corrected chi connectivity index (χ4v) is 1.24. The molecule has 0 aliphatic rings. The number of hydrogen-bond acceptors (Lipinski definition) is 3. The largest absolute Gasteiger partial charge is 0.448 e. The summed E-state index contributed by atoms with van der Waals surface area (Å²) >= 11 is 0. The van der Waals surface area contributed by atoms with Crippen molar-refractivity contribution in [1.29, 1.82) is 0 Å². The van der Waals surface area contributed by atoms with E-state index < -0.39 is 0 Å².